The van der Waals surface area contributed by atoms with Crippen molar-refractivity contribution in [2.45, 2.75) is 70.9 Å². The summed E-state index contributed by atoms with van der Waals surface area (Å²) in [4.78, 5) is 31.0. The Kier molecular flexibility index (Phi) is 6.66. The van der Waals surface area contributed by atoms with Gasteiger partial charge in [0.25, 0.3) is 5.91 Å². The third-order valence-corrected chi connectivity index (χ3v) is 8.34. The van der Waals surface area contributed by atoms with Crippen molar-refractivity contribution in [3.8, 4) is 11.1 Å². The molecular formula is C28H32F3N7O2. The zero-order valence-electron chi connectivity index (χ0n) is 22.4. The Balaban J connectivity index is 1.20. The average Bonchev–Trinajstić information content (AvgIpc) is 3.81. The standard InChI is InChI=1S/C28H32F3N7O2/c1-14-22(15(2)37-36-14)19-7-8-21(33-25(19)29)34-27(40)24(23(17-3-4-17)18-5-6-18)35-26(39)20-9-10-32-38(20)13-16-11-28(30,31)12-16/h7-10,16-18,23-24H,3-6,11-13H2,1-2H3,(H,35,39)(H,36,37)(H,33,34,40)/t24-/m0/s1. The minimum Gasteiger partial charge on any atom is -0.339 e. The van der Waals surface area contributed by atoms with Gasteiger partial charge in [0.05, 0.1) is 5.69 Å². The van der Waals surface area contributed by atoms with Gasteiger partial charge in [0, 0.05) is 42.4 Å². The first-order valence-corrected chi connectivity index (χ1v) is 13.8. The van der Waals surface area contributed by atoms with Gasteiger partial charge in [-0.25, -0.2) is 13.8 Å². The predicted molar refractivity (Wildman–Crippen MR) is 140 cm³/mol. The Labute approximate surface area is 229 Å². The summed E-state index contributed by atoms with van der Waals surface area (Å²) in [5.74, 6) is -3.96. The van der Waals surface area contributed by atoms with E-state index in [1.54, 1.807) is 19.9 Å². The molecule has 12 heteroatoms. The lowest BCUT2D eigenvalue weighted by molar-refractivity contribution is -0.119. The van der Waals surface area contributed by atoms with E-state index in [1.807, 2.05) is 0 Å². The van der Waals surface area contributed by atoms with E-state index < -0.39 is 29.7 Å². The van der Waals surface area contributed by atoms with Crippen LogP contribution in [0.1, 0.15) is 60.4 Å². The quantitative estimate of drug-likeness (QED) is 0.315. The molecule has 0 saturated heterocycles. The average molecular weight is 556 g/mol. The fraction of sp³-hybridized carbons (Fsp3) is 0.536. The molecule has 0 radical (unpaired) electrons. The number of carbonyl (C=O) groups is 2. The van der Waals surface area contributed by atoms with Gasteiger partial charge in [0.1, 0.15) is 17.6 Å². The molecule has 0 aliphatic heterocycles. The first-order chi connectivity index (χ1) is 19.1. The zero-order chi connectivity index (χ0) is 28.2. The maximum Gasteiger partial charge on any atom is 0.270 e. The zero-order valence-corrected chi connectivity index (χ0v) is 22.4. The first kappa shape index (κ1) is 26.5. The highest BCUT2D eigenvalue weighted by Gasteiger charge is 2.49. The molecule has 3 fully saturated rings. The molecule has 3 aromatic rings. The molecule has 40 heavy (non-hydrogen) atoms. The molecule has 1 atom stereocenters. The number of amides is 2. The number of hydrogen-bond donors (Lipinski definition) is 3. The fourth-order valence-corrected chi connectivity index (χ4v) is 6.11. The Bertz CT molecular complexity index is 1400. The van der Waals surface area contributed by atoms with Crippen LogP contribution in [0.3, 0.4) is 0 Å². The monoisotopic (exact) mass is 555 g/mol. The number of halogens is 3. The van der Waals surface area contributed by atoms with Gasteiger partial charge in [-0.3, -0.25) is 19.4 Å². The lowest BCUT2D eigenvalue weighted by Crippen LogP contribution is -2.50. The highest BCUT2D eigenvalue weighted by molar-refractivity contribution is 6.00. The van der Waals surface area contributed by atoms with Gasteiger partial charge >= 0.3 is 0 Å². The molecule has 2 amide bonds. The molecule has 3 aliphatic carbocycles. The number of pyridine rings is 1. The molecule has 3 heterocycles. The number of nitrogens with zero attached hydrogens (tertiary/aromatic N) is 4. The van der Waals surface area contributed by atoms with Gasteiger partial charge < -0.3 is 10.6 Å². The van der Waals surface area contributed by atoms with Crippen molar-refractivity contribution in [3.63, 3.8) is 0 Å². The van der Waals surface area contributed by atoms with Crippen molar-refractivity contribution in [1.29, 1.82) is 0 Å². The van der Waals surface area contributed by atoms with E-state index in [4.69, 9.17) is 0 Å². The largest absolute Gasteiger partial charge is 0.339 e. The van der Waals surface area contributed by atoms with E-state index in [0.29, 0.717) is 28.8 Å². The third-order valence-electron chi connectivity index (χ3n) is 8.34. The molecule has 3 aromatic heterocycles. The normalized spacial score (nSPS) is 19.4. The summed E-state index contributed by atoms with van der Waals surface area (Å²) in [6, 6.07) is 3.76. The number of aromatic amines is 1. The Morgan fingerprint density at radius 1 is 1.12 bits per heavy atom. The number of carbonyl (C=O) groups excluding carboxylic acids is 2. The van der Waals surface area contributed by atoms with Crippen molar-refractivity contribution in [1.82, 2.24) is 30.3 Å². The second-order valence-corrected chi connectivity index (χ2v) is 11.6. The number of alkyl halides is 2. The SMILES string of the molecule is Cc1n[nH]c(C)c1-c1ccc(NC(=O)[C@@H](NC(=O)c2ccnn2CC2CC(F)(F)C2)C(C2CC2)C2CC2)nc1F. The highest BCUT2D eigenvalue weighted by Crippen LogP contribution is 2.51. The number of anilines is 1. The highest BCUT2D eigenvalue weighted by atomic mass is 19.3. The topological polar surface area (TPSA) is 118 Å². The molecule has 0 aromatic carbocycles. The second-order valence-electron chi connectivity index (χ2n) is 11.6. The van der Waals surface area contributed by atoms with E-state index in [2.05, 4.69) is 30.9 Å². The maximum absolute atomic E-state index is 15.1. The Hall–Kier alpha value is -3.70. The summed E-state index contributed by atoms with van der Waals surface area (Å²) in [5, 5.41) is 16.7. The van der Waals surface area contributed by atoms with Crippen molar-refractivity contribution >= 4 is 17.6 Å². The third kappa shape index (κ3) is 5.35. The van der Waals surface area contributed by atoms with E-state index in [0.717, 1.165) is 25.7 Å². The molecule has 3 N–H and O–H groups in total. The molecule has 0 spiro atoms. The molecule has 0 bridgehead atoms. The van der Waals surface area contributed by atoms with Crippen LogP contribution >= 0.6 is 0 Å². The maximum atomic E-state index is 15.1. The molecule has 0 unspecified atom stereocenters. The van der Waals surface area contributed by atoms with E-state index in [1.165, 1.54) is 23.0 Å². The van der Waals surface area contributed by atoms with Crippen molar-refractivity contribution in [2.75, 3.05) is 5.32 Å². The van der Waals surface area contributed by atoms with Gasteiger partial charge in [-0.1, -0.05) is 0 Å². The second kappa shape index (κ2) is 10.0. The lowest BCUT2D eigenvalue weighted by atomic mass is 9.81. The summed E-state index contributed by atoms with van der Waals surface area (Å²) < 4.78 is 43.2. The van der Waals surface area contributed by atoms with Crippen LogP contribution < -0.4 is 10.6 Å². The molecule has 6 rings (SSSR count). The van der Waals surface area contributed by atoms with Crippen LogP contribution in [-0.2, 0) is 11.3 Å². The van der Waals surface area contributed by atoms with Crippen molar-refractivity contribution in [3.05, 3.63) is 47.4 Å². The van der Waals surface area contributed by atoms with Gasteiger partial charge in [-0.15, -0.1) is 0 Å². The summed E-state index contributed by atoms with van der Waals surface area (Å²) >= 11 is 0. The molecule has 9 nitrogen and oxygen atoms in total. The minimum atomic E-state index is -2.66. The molecule has 212 valence electrons. The van der Waals surface area contributed by atoms with E-state index in [9.17, 15) is 18.4 Å². The number of aromatic nitrogens is 5. The van der Waals surface area contributed by atoms with Crippen LogP contribution in [0.25, 0.3) is 11.1 Å². The van der Waals surface area contributed by atoms with Crippen LogP contribution in [0.5, 0.6) is 0 Å². The van der Waals surface area contributed by atoms with Gasteiger partial charge in [0.15, 0.2) is 0 Å². The lowest BCUT2D eigenvalue weighted by Gasteiger charge is -2.35. The van der Waals surface area contributed by atoms with Gasteiger partial charge in [0.2, 0.25) is 17.8 Å². The van der Waals surface area contributed by atoms with E-state index >= 15 is 4.39 Å². The van der Waals surface area contributed by atoms with E-state index in [-0.39, 0.29) is 48.3 Å². The molecule has 3 saturated carbocycles. The minimum absolute atomic E-state index is 0.0468. The molecule has 3 aliphatic rings. The Morgan fingerprint density at radius 2 is 1.82 bits per heavy atom. The van der Waals surface area contributed by atoms with Crippen LogP contribution in [-0.4, -0.2) is 48.7 Å². The van der Waals surface area contributed by atoms with Gasteiger partial charge in [-0.2, -0.15) is 14.6 Å². The number of rotatable bonds is 10. The van der Waals surface area contributed by atoms with Crippen LogP contribution in [0.4, 0.5) is 19.0 Å². The van der Waals surface area contributed by atoms with Crippen molar-refractivity contribution in [2.24, 2.45) is 23.7 Å². The molecular weight excluding hydrogens is 523 g/mol. The number of hydrogen-bond acceptors (Lipinski definition) is 5. The van der Waals surface area contributed by atoms with Gasteiger partial charge in [-0.05, 0) is 81.4 Å². The van der Waals surface area contributed by atoms with Crippen LogP contribution in [0.15, 0.2) is 24.4 Å². The predicted octanol–water partition coefficient (Wildman–Crippen LogP) is 4.64. The van der Waals surface area contributed by atoms with Crippen LogP contribution in [0.2, 0.25) is 0 Å². The summed E-state index contributed by atoms with van der Waals surface area (Å²) in [6.07, 6.45) is 4.94. The summed E-state index contributed by atoms with van der Waals surface area (Å²) in [7, 11) is 0. The summed E-state index contributed by atoms with van der Waals surface area (Å²) in [5.41, 5.74) is 2.47. The number of H-pyrrole nitrogens is 1. The number of aryl methyl sites for hydroxylation is 2. The fourth-order valence-electron chi connectivity index (χ4n) is 6.11. The smallest absolute Gasteiger partial charge is 0.270 e. The van der Waals surface area contributed by atoms with Crippen LogP contribution in [0, 0.1) is 43.5 Å². The van der Waals surface area contributed by atoms with Crippen molar-refractivity contribution < 1.29 is 22.8 Å². The Morgan fingerprint density at radius 3 is 2.40 bits per heavy atom. The summed E-state index contributed by atoms with van der Waals surface area (Å²) in [6.45, 7) is 3.77. The first-order valence-electron chi connectivity index (χ1n) is 13.8. The number of nitrogens with one attached hydrogen (secondary N) is 3.